The molecule has 1 rings (SSSR count). The predicted octanol–water partition coefficient (Wildman–Crippen LogP) is 1.63. The van der Waals surface area contributed by atoms with Gasteiger partial charge in [-0.2, -0.15) is 0 Å². The summed E-state index contributed by atoms with van der Waals surface area (Å²) in [5, 5.41) is 12.6. The van der Waals surface area contributed by atoms with Gasteiger partial charge in [-0.15, -0.1) is 0 Å². The monoisotopic (exact) mass is 243 g/mol. The van der Waals surface area contributed by atoms with Crippen LogP contribution in [0.4, 0.5) is 4.39 Å². The summed E-state index contributed by atoms with van der Waals surface area (Å²) in [5.41, 5.74) is 0.503. The highest BCUT2D eigenvalue weighted by molar-refractivity contribution is 5.32. The van der Waals surface area contributed by atoms with Crippen LogP contribution in [0.2, 0.25) is 0 Å². The molecule has 96 valence electrons. The highest BCUT2D eigenvalue weighted by atomic mass is 19.1. The lowest BCUT2D eigenvalue weighted by Crippen LogP contribution is -2.39. The zero-order chi connectivity index (χ0) is 12.8. The summed E-state index contributed by atoms with van der Waals surface area (Å²) in [7, 11) is 3.10. The van der Waals surface area contributed by atoms with E-state index in [4.69, 9.17) is 9.47 Å². The molecular formula is C12H18FNO3. The van der Waals surface area contributed by atoms with E-state index >= 15 is 0 Å². The van der Waals surface area contributed by atoms with Gasteiger partial charge in [0.05, 0.1) is 6.04 Å². The third-order valence-corrected chi connectivity index (χ3v) is 2.53. The summed E-state index contributed by atoms with van der Waals surface area (Å²) in [6.07, 6.45) is -0.384. The molecule has 0 amide bonds. The Morgan fingerprint density at radius 3 is 2.59 bits per heavy atom. The summed E-state index contributed by atoms with van der Waals surface area (Å²) in [4.78, 5) is 0. The van der Waals surface area contributed by atoms with Crippen LogP contribution in [-0.2, 0) is 16.0 Å². The van der Waals surface area contributed by atoms with Crippen molar-refractivity contribution in [2.45, 2.75) is 25.8 Å². The SMILES string of the molecule is COC(OC)C(C)NCc1cc(F)ccc1O. The van der Waals surface area contributed by atoms with Gasteiger partial charge in [-0.3, -0.25) is 0 Å². The van der Waals surface area contributed by atoms with Gasteiger partial charge in [-0.25, -0.2) is 4.39 Å². The molecule has 1 aromatic carbocycles. The topological polar surface area (TPSA) is 50.7 Å². The smallest absolute Gasteiger partial charge is 0.171 e. The van der Waals surface area contributed by atoms with Gasteiger partial charge >= 0.3 is 0 Å². The number of rotatable bonds is 6. The minimum absolute atomic E-state index is 0.0671. The molecule has 0 saturated carbocycles. The first-order chi connectivity index (χ1) is 8.08. The zero-order valence-corrected chi connectivity index (χ0v) is 10.2. The van der Waals surface area contributed by atoms with E-state index in [-0.39, 0.29) is 23.9 Å². The van der Waals surface area contributed by atoms with Crippen molar-refractivity contribution in [3.63, 3.8) is 0 Å². The Balaban J connectivity index is 2.57. The van der Waals surface area contributed by atoms with E-state index in [1.54, 1.807) is 14.2 Å². The molecule has 0 heterocycles. The average Bonchev–Trinajstić information content (AvgIpc) is 2.32. The number of benzene rings is 1. The lowest BCUT2D eigenvalue weighted by molar-refractivity contribution is -0.119. The van der Waals surface area contributed by atoms with Crippen LogP contribution in [0.15, 0.2) is 18.2 Å². The molecule has 2 N–H and O–H groups in total. The molecule has 0 spiro atoms. The molecule has 0 saturated heterocycles. The van der Waals surface area contributed by atoms with E-state index in [1.807, 2.05) is 6.92 Å². The number of methoxy groups -OCH3 is 2. The second-order valence-electron chi connectivity index (χ2n) is 3.78. The second-order valence-corrected chi connectivity index (χ2v) is 3.78. The summed E-state index contributed by atoms with van der Waals surface area (Å²) < 4.78 is 23.1. The van der Waals surface area contributed by atoms with Crippen LogP contribution in [-0.4, -0.2) is 31.7 Å². The number of phenols is 1. The van der Waals surface area contributed by atoms with E-state index in [1.165, 1.54) is 18.2 Å². The van der Waals surface area contributed by atoms with Gasteiger partial charge < -0.3 is 19.9 Å². The quantitative estimate of drug-likeness (QED) is 0.746. The minimum atomic E-state index is -0.384. The van der Waals surface area contributed by atoms with Crippen LogP contribution in [0.3, 0.4) is 0 Å². The van der Waals surface area contributed by atoms with Gasteiger partial charge in [0.15, 0.2) is 6.29 Å². The first-order valence-electron chi connectivity index (χ1n) is 5.34. The number of nitrogens with one attached hydrogen (secondary N) is 1. The molecule has 0 radical (unpaired) electrons. The first-order valence-corrected chi connectivity index (χ1v) is 5.34. The van der Waals surface area contributed by atoms with E-state index in [9.17, 15) is 9.50 Å². The fourth-order valence-electron chi connectivity index (χ4n) is 1.57. The van der Waals surface area contributed by atoms with Crippen molar-refractivity contribution in [2.75, 3.05) is 14.2 Å². The van der Waals surface area contributed by atoms with Crippen molar-refractivity contribution in [2.24, 2.45) is 0 Å². The number of aromatic hydroxyl groups is 1. The molecular weight excluding hydrogens is 225 g/mol. The summed E-state index contributed by atoms with van der Waals surface area (Å²) >= 11 is 0. The molecule has 5 heteroatoms. The summed E-state index contributed by atoms with van der Waals surface area (Å²) in [6.45, 7) is 2.22. The molecule has 0 aliphatic rings. The van der Waals surface area contributed by atoms with E-state index in [0.29, 0.717) is 12.1 Å². The highest BCUT2D eigenvalue weighted by Gasteiger charge is 2.15. The predicted molar refractivity (Wildman–Crippen MR) is 62.2 cm³/mol. The number of hydrogen-bond donors (Lipinski definition) is 2. The highest BCUT2D eigenvalue weighted by Crippen LogP contribution is 2.17. The molecule has 0 aliphatic carbocycles. The van der Waals surface area contributed by atoms with Gasteiger partial charge in [-0.1, -0.05) is 0 Å². The van der Waals surface area contributed by atoms with Gasteiger partial charge in [0.2, 0.25) is 0 Å². The molecule has 4 nitrogen and oxygen atoms in total. The Labute approximate surface area is 100 Å². The van der Waals surface area contributed by atoms with E-state index in [2.05, 4.69) is 5.32 Å². The Morgan fingerprint density at radius 1 is 1.35 bits per heavy atom. The maximum Gasteiger partial charge on any atom is 0.171 e. The van der Waals surface area contributed by atoms with Crippen molar-refractivity contribution in [1.29, 1.82) is 0 Å². The standard InChI is InChI=1S/C12H18FNO3/c1-8(12(16-2)17-3)14-7-9-6-10(13)4-5-11(9)15/h4-6,8,12,14-15H,7H2,1-3H3. The Bertz CT molecular complexity index is 356. The molecule has 1 atom stereocenters. The van der Waals surface area contributed by atoms with Gasteiger partial charge in [0, 0.05) is 26.3 Å². The molecule has 0 aromatic heterocycles. The maximum atomic E-state index is 13.0. The second kappa shape index (κ2) is 6.54. The summed E-state index contributed by atoms with van der Waals surface area (Å²) in [5.74, 6) is -0.306. The van der Waals surface area contributed by atoms with Crippen LogP contribution in [0.25, 0.3) is 0 Å². The van der Waals surface area contributed by atoms with Crippen molar-refractivity contribution in [3.8, 4) is 5.75 Å². The van der Waals surface area contributed by atoms with E-state index in [0.717, 1.165) is 0 Å². The van der Waals surface area contributed by atoms with Gasteiger partial charge in [0.1, 0.15) is 11.6 Å². The Kier molecular flexibility index (Phi) is 5.34. The van der Waals surface area contributed by atoms with Crippen LogP contribution in [0, 0.1) is 5.82 Å². The molecule has 17 heavy (non-hydrogen) atoms. The van der Waals surface area contributed by atoms with Gasteiger partial charge in [-0.05, 0) is 25.1 Å². The third kappa shape index (κ3) is 3.96. The normalized spacial score (nSPS) is 13.0. The van der Waals surface area contributed by atoms with Crippen LogP contribution in [0.5, 0.6) is 5.75 Å². The van der Waals surface area contributed by atoms with Crippen molar-refractivity contribution in [1.82, 2.24) is 5.32 Å². The molecule has 0 bridgehead atoms. The lowest BCUT2D eigenvalue weighted by Gasteiger charge is -2.22. The van der Waals surface area contributed by atoms with Crippen molar-refractivity contribution in [3.05, 3.63) is 29.6 Å². The zero-order valence-electron chi connectivity index (χ0n) is 10.2. The Morgan fingerprint density at radius 2 is 2.00 bits per heavy atom. The Hall–Kier alpha value is -1.17. The molecule has 1 aromatic rings. The lowest BCUT2D eigenvalue weighted by atomic mass is 10.2. The third-order valence-electron chi connectivity index (χ3n) is 2.53. The van der Waals surface area contributed by atoms with E-state index < -0.39 is 0 Å². The van der Waals surface area contributed by atoms with Crippen LogP contribution >= 0.6 is 0 Å². The first kappa shape index (κ1) is 13.9. The molecule has 0 aliphatic heterocycles. The minimum Gasteiger partial charge on any atom is -0.508 e. The molecule has 1 unspecified atom stereocenters. The van der Waals surface area contributed by atoms with Crippen LogP contribution in [0.1, 0.15) is 12.5 Å². The fraction of sp³-hybridized carbons (Fsp3) is 0.500. The number of halogens is 1. The molecule has 0 fully saturated rings. The van der Waals surface area contributed by atoms with Crippen molar-refractivity contribution < 1.29 is 19.0 Å². The van der Waals surface area contributed by atoms with Crippen LogP contribution < -0.4 is 5.32 Å². The number of hydrogen-bond acceptors (Lipinski definition) is 4. The number of phenolic OH excluding ortho intramolecular Hbond substituents is 1. The number of ether oxygens (including phenoxy) is 2. The summed E-state index contributed by atoms with van der Waals surface area (Å²) in [6, 6.07) is 3.77. The van der Waals surface area contributed by atoms with Crippen molar-refractivity contribution >= 4 is 0 Å². The fourth-order valence-corrected chi connectivity index (χ4v) is 1.57. The average molecular weight is 243 g/mol. The maximum absolute atomic E-state index is 13.0. The van der Waals surface area contributed by atoms with Gasteiger partial charge in [0.25, 0.3) is 0 Å². The largest absolute Gasteiger partial charge is 0.508 e.